The number of carbonyl (C=O) groups is 1. The molecule has 6 heterocycles. The van der Waals surface area contributed by atoms with Crippen LogP contribution in [0, 0.1) is 5.82 Å². The third-order valence-corrected chi connectivity index (χ3v) is 9.69. The van der Waals surface area contributed by atoms with E-state index in [-0.39, 0.29) is 17.3 Å². The monoisotopic (exact) mass is 651 g/mol. The van der Waals surface area contributed by atoms with Gasteiger partial charge in [-0.05, 0) is 69.8 Å². The van der Waals surface area contributed by atoms with Crippen LogP contribution in [0.2, 0.25) is 0 Å². The zero-order chi connectivity index (χ0) is 33.5. The van der Waals surface area contributed by atoms with Gasteiger partial charge in [0.25, 0.3) is 0 Å². The predicted octanol–water partition coefficient (Wildman–Crippen LogP) is 4.50. The standard InChI is InChI=1S/C36H38FN7O4/c1-22-6-4-11-39-35(22)48-21-26-12-24(23-7-5-10-38-15-23)17-43(26)32-14-31-28(13-30(32)37)34(45)29(36(46)47)20-44(31)25-8-9-33(40-16-25)42-18-27(19-42)41(2)3/h5-10,13-16,20,24,26-27H,4,11-12,17-19,21H2,1-3H3,(H,46,47)/t24-,26+/m0/s1. The highest BCUT2D eigenvalue weighted by Gasteiger charge is 2.36. The third kappa shape index (κ3) is 5.92. The van der Waals surface area contributed by atoms with E-state index in [1.807, 2.05) is 42.3 Å². The van der Waals surface area contributed by atoms with Gasteiger partial charge in [0.15, 0.2) is 0 Å². The molecule has 1 aromatic carbocycles. The molecule has 0 saturated carbocycles. The number of hydrogen-bond acceptors (Lipinski definition) is 9. The summed E-state index contributed by atoms with van der Waals surface area (Å²) in [6.45, 7) is 5.15. The van der Waals surface area contributed by atoms with Crippen molar-refractivity contribution in [3.8, 4) is 5.69 Å². The van der Waals surface area contributed by atoms with Crippen LogP contribution < -0.4 is 15.2 Å². The fraction of sp³-hybridized carbons (Fsp3) is 0.361. The van der Waals surface area contributed by atoms with Crippen molar-refractivity contribution >= 4 is 34.3 Å². The lowest BCUT2D eigenvalue weighted by Gasteiger charge is -2.43. The average molecular weight is 652 g/mol. The Bertz CT molecular complexity index is 1970. The molecular weight excluding hydrogens is 613 g/mol. The second-order valence-corrected chi connectivity index (χ2v) is 13.0. The van der Waals surface area contributed by atoms with Gasteiger partial charge in [-0.3, -0.25) is 14.8 Å². The van der Waals surface area contributed by atoms with Gasteiger partial charge in [0.2, 0.25) is 11.3 Å². The second kappa shape index (κ2) is 12.8. The fourth-order valence-corrected chi connectivity index (χ4v) is 6.82. The molecule has 2 atom stereocenters. The lowest BCUT2D eigenvalue weighted by atomic mass is 9.98. The number of carboxylic acids is 1. The van der Waals surface area contributed by atoms with Crippen LogP contribution in [0.3, 0.4) is 0 Å². The molecule has 7 rings (SSSR count). The summed E-state index contributed by atoms with van der Waals surface area (Å²) in [6, 6.07) is 10.7. The van der Waals surface area contributed by atoms with Crippen molar-refractivity contribution in [1.82, 2.24) is 19.4 Å². The van der Waals surface area contributed by atoms with Crippen molar-refractivity contribution in [2.75, 3.05) is 56.7 Å². The highest BCUT2D eigenvalue weighted by atomic mass is 19.1. The van der Waals surface area contributed by atoms with Gasteiger partial charge in [-0.25, -0.2) is 14.2 Å². The van der Waals surface area contributed by atoms with Gasteiger partial charge in [-0.1, -0.05) is 12.1 Å². The van der Waals surface area contributed by atoms with Crippen LogP contribution in [-0.2, 0) is 4.74 Å². The molecule has 3 aliphatic rings. The van der Waals surface area contributed by atoms with Crippen LogP contribution >= 0.6 is 0 Å². The number of likely N-dealkylation sites (N-methyl/N-ethyl adjacent to an activating group) is 1. The maximum Gasteiger partial charge on any atom is 0.341 e. The molecule has 11 nitrogen and oxygen atoms in total. The minimum atomic E-state index is -1.38. The van der Waals surface area contributed by atoms with Gasteiger partial charge in [0.1, 0.15) is 23.8 Å². The Labute approximate surface area is 277 Å². The third-order valence-electron chi connectivity index (χ3n) is 9.69. The van der Waals surface area contributed by atoms with Crippen LogP contribution in [0.25, 0.3) is 16.6 Å². The molecular formula is C36H38FN7O4. The van der Waals surface area contributed by atoms with E-state index in [9.17, 15) is 14.7 Å². The molecule has 0 spiro atoms. The SMILES string of the molecule is CC1=CCCN=C1OC[C@H]1C[C@H](c2cccnc2)CN1c1cc2c(cc1F)c(=O)c(C(=O)O)cn2-c1ccc(N2CC(N(C)C)C2)nc1. The van der Waals surface area contributed by atoms with Crippen molar-refractivity contribution in [2.24, 2.45) is 4.99 Å². The quantitative estimate of drug-likeness (QED) is 0.294. The number of pyridine rings is 3. The van der Waals surface area contributed by atoms with Crippen LogP contribution in [0.4, 0.5) is 15.9 Å². The molecule has 0 radical (unpaired) electrons. The van der Waals surface area contributed by atoms with Gasteiger partial charge >= 0.3 is 5.97 Å². The normalized spacial score (nSPS) is 19.8. The number of benzene rings is 1. The summed E-state index contributed by atoms with van der Waals surface area (Å²) in [5, 5.41) is 9.88. The van der Waals surface area contributed by atoms with Crippen molar-refractivity contribution in [3.63, 3.8) is 0 Å². The first-order valence-electron chi connectivity index (χ1n) is 16.2. The number of anilines is 2. The van der Waals surface area contributed by atoms with E-state index in [1.165, 1.54) is 6.20 Å². The van der Waals surface area contributed by atoms with Gasteiger partial charge in [0, 0.05) is 67.7 Å². The number of ether oxygens (including phenoxy) is 1. The molecule has 0 unspecified atom stereocenters. The maximum atomic E-state index is 16.2. The van der Waals surface area contributed by atoms with E-state index >= 15 is 4.39 Å². The minimum absolute atomic E-state index is 0.0232. The number of aliphatic imine (C=N–C) groups is 1. The molecule has 1 N–H and O–H groups in total. The smallest absolute Gasteiger partial charge is 0.341 e. The number of fused-ring (bicyclic) bond motifs is 1. The summed E-state index contributed by atoms with van der Waals surface area (Å²) < 4.78 is 24.1. The van der Waals surface area contributed by atoms with Crippen molar-refractivity contribution < 1.29 is 19.0 Å². The summed E-state index contributed by atoms with van der Waals surface area (Å²) >= 11 is 0. The zero-order valence-electron chi connectivity index (χ0n) is 27.2. The number of nitrogens with zero attached hydrogens (tertiary/aromatic N) is 7. The van der Waals surface area contributed by atoms with Gasteiger partial charge < -0.3 is 29.1 Å². The first-order chi connectivity index (χ1) is 23.2. The molecule has 0 aliphatic carbocycles. The van der Waals surface area contributed by atoms with E-state index in [0.717, 1.165) is 42.5 Å². The van der Waals surface area contributed by atoms with Crippen LogP contribution in [0.5, 0.6) is 0 Å². The van der Waals surface area contributed by atoms with Crippen molar-refractivity contribution in [2.45, 2.75) is 37.8 Å². The molecule has 2 fully saturated rings. The molecule has 0 bridgehead atoms. The van der Waals surface area contributed by atoms with Crippen molar-refractivity contribution in [3.05, 3.63) is 100 Å². The highest BCUT2D eigenvalue weighted by molar-refractivity contribution is 5.95. The predicted molar refractivity (Wildman–Crippen MR) is 183 cm³/mol. The second-order valence-electron chi connectivity index (χ2n) is 13.0. The number of carboxylic acid groups (broad SMARTS) is 1. The Morgan fingerprint density at radius 1 is 1.15 bits per heavy atom. The van der Waals surface area contributed by atoms with Crippen LogP contribution in [-0.4, -0.2) is 95.4 Å². The number of aromatic carboxylic acids is 1. The summed E-state index contributed by atoms with van der Waals surface area (Å²) in [5.74, 6) is -0.522. The van der Waals surface area contributed by atoms with Crippen LogP contribution in [0.1, 0.15) is 41.6 Å². The van der Waals surface area contributed by atoms with E-state index in [1.54, 1.807) is 23.0 Å². The summed E-state index contributed by atoms with van der Waals surface area (Å²) in [7, 11) is 4.11. The minimum Gasteiger partial charge on any atom is -0.477 e. The fourth-order valence-electron chi connectivity index (χ4n) is 6.82. The number of aromatic nitrogens is 3. The first kappa shape index (κ1) is 31.5. The molecule has 2 saturated heterocycles. The lowest BCUT2D eigenvalue weighted by molar-refractivity contribution is 0.0695. The average Bonchev–Trinajstić information content (AvgIpc) is 3.48. The van der Waals surface area contributed by atoms with Crippen LogP contribution in [0.15, 0.2) is 82.6 Å². The highest BCUT2D eigenvalue weighted by Crippen LogP contribution is 2.38. The molecule has 4 aromatic rings. The molecule has 3 aromatic heterocycles. The maximum absolute atomic E-state index is 16.2. The summed E-state index contributed by atoms with van der Waals surface area (Å²) in [5.41, 5.74) is 2.08. The van der Waals surface area contributed by atoms with E-state index in [4.69, 9.17) is 4.74 Å². The number of hydrogen-bond donors (Lipinski definition) is 1. The first-order valence-corrected chi connectivity index (χ1v) is 16.2. The molecule has 248 valence electrons. The number of rotatable bonds is 8. The van der Waals surface area contributed by atoms with Crippen molar-refractivity contribution in [1.29, 1.82) is 0 Å². The Morgan fingerprint density at radius 3 is 2.67 bits per heavy atom. The lowest BCUT2D eigenvalue weighted by Crippen LogP contribution is -2.57. The molecule has 0 amide bonds. The Hall–Kier alpha value is -5.10. The van der Waals surface area contributed by atoms with E-state index in [2.05, 4.69) is 44.9 Å². The number of dihydropyridines is 1. The van der Waals surface area contributed by atoms with Gasteiger partial charge in [0.05, 0.1) is 29.1 Å². The topological polar surface area (TPSA) is 116 Å². The summed E-state index contributed by atoms with van der Waals surface area (Å²) in [6.07, 6.45) is 10.2. The Morgan fingerprint density at radius 2 is 1.98 bits per heavy atom. The molecule has 48 heavy (non-hydrogen) atoms. The largest absolute Gasteiger partial charge is 0.477 e. The zero-order valence-corrected chi connectivity index (χ0v) is 27.2. The summed E-state index contributed by atoms with van der Waals surface area (Å²) in [4.78, 5) is 45.4. The van der Waals surface area contributed by atoms with Gasteiger partial charge in [-0.2, -0.15) is 0 Å². The number of halogens is 1. The molecule has 3 aliphatic heterocycles. The Balaban J connectivity index is 1.28. The molecule has 12 heteroatoms. The van der Waals surface area contributed by atoms with E-state index in [0.29, 0.717) is 54.9 Å². The van der Waals surface area contributed by atoms with E-state index < -0.39 is 22.8 Å². The Kier molecular flexibility index (Phi) is 8.42. The van der Waals surface area contributed by atoms with Gasteiger partial charge in [-0.15, -0.1) is 0 Å².